The zero-order chi connectivity index (χ0) is 22.4. The normalized spacial score (nSPS) is 15.5. The quantitative estimate of drug-likeness (QED) is 0.641. The maximum Gasteiger partial charge on any atom is 0.329 e. The number of hydrogen-bond acceptors (Lipinski definition) is 4. The SMILES string of the molecule is COc1cc2c(cc1OC)[C@@H](C)Cn1c-2cc(=Nc2c(C)cc(C)cc2C)n(C)c1=O. The van der Waals surface area contributed by atoms with Crippen LogP contribution in [0.5, 0.6) is 11.5 Å². The smallest absolute Gasteiger partial charge is 0.329 e. The summed E-state index contributed by atoms with van der Waals surface area (Å²) < 4.78 is 14.5. The highest BCUT2D eigenvalue weighted by atomic mass is 16.5. The van der Waals surface area contributed by atoms with E-state index in [0.29, 0.717) is 23.5 Å². The van der Waals surface area contributed by atoms with Crippen molar-refractivity contribution in [1.82, 2.24) is 9.13 Å². The molecule has 0 amide bonds. The van der Waals surface area contributed by atoms with Gasteiger partial charge in [0.05, 0.1) is 25.6 Å². The molecule has 162 valence electrons. The van der Waals surface area contributed by atoms with Crippen LogP contribution in [0.4, 0.5) is 5.69 Å². The van der Waals surface area contributed by atoms with Gasteiger partial charge in [-0.2, -0.15) is 0 Å². The number of benzene rings is 2. The Kier molecular flexibility index (Phi) is 5.25. The van der Waals surface area contributed by atoms with Gasteiger partial charge in [-0.3, -0.25) is 9.13 Å². The first kappa shape index (κ1) is 21.0. The van der Waals surface area contributed by atoms with Crippen LogP contribution in [0, 0.1) is 20.8 Å². The molecule has 1 atom stereocenters. The van der Waals surface area contributed by atoms with Gasteiger partial charge in [0.2, 0.25) is 0 Å². The Balaban J connectivity index is 2.02. The van der Waals surface area contributed by atoms with Crippen LogP contribution in [0.3, 0.4) is 0 Å². The Labute approximate surface area is 182 Å². The fourth-order valence-corrected chi connectivity index (χ4v) is 4.55. The van der Waals surface area contributed by atoms with Crippen molar-refractivity contribution < 1.29 is 9.47 Å². The van der Waals surface area contributed by atoms with Crippen LogP contribution in [0.1, 0.15) is 35.1 Å². The van der Waals surface area contributed by atoms with E-state index in [1.165, 1.54) is 5.56 Å². The van der Waals surface area contributed by atoms with Crippen molar-refractivity contribution in [2.45, 2.75) is 40.2 Å². The van der Waals surface area contributed by atoms with Crippen molar-refractivity contribution in [1.29, 1.82) is 0 Å². The van der Waals surface area contributed by atoms with E-state index >= 15 is 0 Å². The molecule has 0 unspecified atom stereocenters. The third-order valence-electron chi connectivity index (χ3n) is 6.10. The summed E-state index contributed by atoms with van der Waals surface area (Å²) in [4.78, 5) is 18.2. The number of ether oxygens (including phenoxy) is 2. The van der Waals surface area contributed by atoms with Gasteiger partial charge in [0, 0.05) is 31.1 Å². The second-order valence-electron chi connectivity index (χ2n) is 8.39. The minimum Gasteiger partial charge on any atom is -0.493 e. The predicted molar refractivity (Wildman–Crippen MR) is 123 cm³/mol. The van der Waals surface area contributed by atoms with E-state index in [-0.39, 0.29) is 11.6 Å². The molecule has 0 N–H and O–H groups in total. The van der Waals surface area contributed by atoms with Gasteiger partial charge in [-0.25, -0.2) is 9.79 Å². The standard InChI is InChI=1S/C25H29N3O3/c1-14-8-15(2)24(16(3)9-14)26-23-12-20-19-11-22(31-7)21(30-6)10-18(19)17(4)13-28(20)25(29)27(23)5/h8-12,17H,13H2,1-7H3/t17-/m0/s1. The van der Waals surface area contributed by atoms with Crippen molar-refractivity contribution in [2.24, 2.45) is 12.0 Å². The number of hydrogen-bond donors (Lipinski definition) is 0. The molecular formula is C25H29N3O3. The highest BCUT2D eigenvalue weighted by Crippen LogP contribution is 2.41. The summed E-state index contributed by atoms with van der Waals surface area (Å²) in [5.74, 6) is 1.51. The minimum atomic E-state index is -0.0778. The number of nitrogens with zero attached hydrogens (tertiary/aromatic N) is 3. The van der Waals surface area contributed by atoms with E-state index in [4.69, 9.17) is 14.5 Å². The van der Waals surface area contributed by atoms with Crippen LogP contribution in [0.2, 0.25) is 0 Å². The Morgan fingerprint density at radius 2 is 1.58 bits per heavy atom. The molecule has 1 aliphatic heterocycles. The van der Waals surface area contributed by atoms with Gasteiger partial charge in [-0.05, 0) is 49.6 Å². The number of aromatic nitrogens is 2. The lowest BCUT2D eigenvalue weighted by atomic mass is 9.89. The maximum atomic E-state index is 13.3. The third-order valence-corrected chi connectivity index (χ3v) is 6.10. The number of fused-ring (bicyclic) bond motifs is 3. The molecule has 0 bridgehead atoms. The van der Waals surface area contributed by atoms with Crippen LogP contribution >= 0.6 is 0 Å². The number of methoxy groups -OCH3 is 2. The molecule has 6 nitrogen and oxygen atoms in total. The largest absolute Gasteiger partial charge is 0.493 e. The molecule has 3 aromatic rings. The monoisotopic (exact) mass is 419 g/mol. The lowest BCUT2D eigenvalue weighted by Crippen LogP contribution is -2.41. The summed E-state index contributed by atoms with van der Waals surface area (Å²) in [6, 6.07) is 10.2. The third kappa shape index (κ3) is 3.46. The van der Waals surface area contributed by atoms with Gasteiger partial charge in [0.15, 0.2) is 11.5 Å². The molecule has 31 heavy (non-hydrogen) atoms. The van der Waals surface area contributed by atoms with Crippen LogP contribution in [0.15, 0.2) is 40.1 Å². The van der Waals surface area contributed by atoms with Crippen molar-refractivity contribution in [3.8, 4) is 22.8 Å². The second-order valence-corrected chi connectivity index (χ2v) is 8.39. The van der Waals surface area contributed by atoms with Crippen molar-refractivity contribution in [3.05, 3.63) is 68.6 Å². The van der Waals surface area contributed by atoms with Gasteiger partial charge in [-0.1, -0.05) is 24.6 Å². The Morgan fingerprint density at radius 3 is 2.19 bits per heavy atom. The zero-order valence-electron chi connectivity index (χ0n) is 19.2. The molecule has 2 aromatic carbocycles. The summed E-state index contributed by atoms with van der Waals surface area (Å²) in [6.45, 7) is 8.91. The first-order valence-corrected chi connectivity index (χ1v) is 10.4. The van der Waals surface area contributed by atoms with Crippen molar-refractivity contribution >= 4 is 5.69 Å². The number of rotatable bonds is 3. The molecule has 0 saturated heterocycles. The molecular weight excluding hydrogens is 390 g/mol. The zero-order valence-corrected chi connectivity index (χ0v) is 19.2. The summed E-state index contributed by atoms with van der Waals surface area (Å²) in [6.07, 6.45) is 0. The van der Waals surface area contributed by atoms with Crippen LogP contribution in [-0.2, 0) is 13.6 Å². The lowest BCUT2D eigenvalue weighted by molar-refractivity contribution is 0.354. The van der Waals surface area contributed by atoms with E-state index in [2.05, 4.69) is 39.8 Å². The van der Waals surface area contributed by atoms with E-state index in [0.717, 1.165) is 33.6 Å². The minimum absolute atomic E-state index is 0.0778. The molecule has 6 heteroatoms. The lowest BCUT2D eigenvalue weighted by Gasteiger charge is -2.28. The first-order chi connectivity index (χ1) is 14.7. The highest BCUT2D eigenvalue weighted by Gasteiger charge is 2.26. The molecule has 0 fully saturated rings. The van der Waals surface area contributed by atoms with E-state index in [1.54, 1.807) is 25.8 Å². The molecule has 2 heterocycles. The Morgan fingerprint density at radius 1 is 0.968 bits per heavy atom. The average Bonchev–Trinajstić information content (AvgIpc) is 2.73. The molecule has 0 spiro atoms. The molecule has 1 aromatic heterocycles. The van der Waals surface area contributed by atoms with Gasteiger partial charge in [0.25, 0.3) is 0 Å². The number of aryl methyl sites for hydroxylation is 3. The van der Waals surface area contributed by atoms with Crippen LogP contribution < -0.4 is 20.7 Å². The van der Waals surface area contributed by atoms with E-state index in [9.17, 15) is 4.79 Å². The van der Waals surface area contributed by atoms with Crippen LogP contribution in [-0.4, -0.2) is 23.4 Å². The fourth-order valence-electron chi connectivity index (χ4n) is 4.55. The predicted octanol–water partition coefficient (Wildman–Crippen LogP) is 4.15. The van der Waals surface area contributed by atoms with Gasteiger partial charge >= 0.3 is 5.69 Å². The molecule has 1 aliphatic rings. The fraction of sp³-hybridized carbons (Fsp3) is 0.360. The van der Waals surface area contributed by atoms with Crippen LogP contribution in [0.25, 0.3) is 11.3 Å². The molecule has 0 radical (unpaired) electrons. The van der Waals surface area contributed by atoms with E-state index < -0.39 is 0 Å². The van der Waals surface area contributed by atoms with Gasteiger partial charge < -0.3 is 9.47 Å². The summed E-state index contributed by atoms with van der Waals surface area (Å²) in [5.41, 5.74) is 7.80. The summed E-state index contributed by atoms with van der Waals surface area (Å²) in [5, 5.41) is 0. The second kappa shape index (κ2) is 7.76. The van der Waals surface area contributed by atoms with Crippen molar-refractivity contribution in [3.63, 3.8) is 0 Å². The summed E-state index contributed by atoms with van der Waals surface area (Å²) in [7, 11) is 5.04. The molecule has 0 saturated carbocycles. The first-order valence-electron chi connectivity index (χ1n) is 10.4. The highest BCUT2D eigenvalue weighted by molar-refractivity contribution is 5.71. The summed E-state index contributed by atoms with van der Waals surface area (Å²) >= 11 is 0. The van der Waals surface area contributed by atoms with E-state index in [1.807, 2.05) is 22.8 Å². The van der Waals surface area contributed by atoms with Gasteiger partial charge in [0.1, 0.15) is 5.49 Å². The Bertz CT molecular complexity index is 1290. The van der Waals surface area contributed by atoms with Gasteiger partial charge in [-0.15, -0.1) is 0 Å². The van der Waals surface area contributed by atoms with Crippen molar-refractivity contribution in [2.75, 3.05) is 14.2 Å². The Hall–Kier alpha value is -3.28. The molecule has 4 rings (SSSR count). The maximum absolute atomic E-state index is 13.3. The molecule has 0 aliphatic carbocycles. The topological polar surface area (TPSA) is 57.8 Å². The average molecular weight is 420 g/mol.